The van der Waals surface area contributed by atoms with Gasteiger partial charge in [0, 0.05) is 17.7 Å². The van der Waals surface area contributed by atoms with E-state index < -0.39 is 5.82 Å². The molecular formula is C26H21FN2O3S. The first-order valence-corrected chi connectivity index (χ1v) is 11.5. The minimum atomic E-state index is -0.399. The second-order valence-corrected chi connectivity index (χ2v) is 8.75. The van der Waals surface area contributed by atoms with Crippen molar-refractivity contribution in [3.63, 3.8) is 0 Å². The normalized spacial score (nSPS) is 14.6. The highest BCUT2D eigenvalue weighted by atomic mass is 32.2. The summed E-state index contributed by atoms with van der Waals surface area (Å²) in [6.45, 7) is 3.78. The molecular weight excluding hydrogens is 439 g/mol. The van der Waals surface area contributed by atoms with Crippen molar-refractivity contribution in [2.75, 3.05) is 5.75 Å². The van der Waals surface area contributed by atoms with Gasteiger partial charge >= 0.3 is 0 Å². The highest BCUT2D eigenvalue weighted by Gasteiger charge is 2.25. The molecule has 2 heterocycles. The zero-order chi connectivity index (χ0) is 22.8. The van der Waals surface area contributed by atoms with Crippen LogP contribution < -0.4 is 4.74 Å². The predicted octanol–water partition coefficient (Wildman–Crippen LogP) is 6.07. The lowest BCUT2D eigenvalue weighted by Gasteiger charge is -2.09. The van der Waals surface area contributed by atoms with Gasteiger partial charge in [0.25, 0.3) is 11.1 Å². The van der Waals surface area contributed by atoms with Gasteiger partial charge in [-0.05, 0) is 59.5 Å². The van der Waals surface area contributed by atoms with E-state index in [4.69, 9.17) is 9.15 Å². The van der Waals surface area contributed by atoms with Gasteiger partial charge in [0.05, 0.1) is 5.56 Å². The number of ether oxygens (including phenoxy) is 1. The number of halogens is 1. The molecule has 166 valence electrons. The van der Waals surface area contributed by atoms with Crippen molar-refractivity contribution in [1.29, 1.82) is 0 Å². The molecule has 1 atom stereocenters. The van der Waals surface area contributed by atoms with E-state index in [1.165, 1.54) is 17.8 Å². The van der Waals surface area contributed by atoms with Crippen LogP contribution in [-0.4, -0.2) is 27.2 Å². The third kappa shape index (κ3) is 4.50. The Labute approximate surface area is 194 Å². The number of nitrogens with zero attached hydrogens (tertiary/aromatic N) is 2. The second-order valence-electron chi connectivity index (χ2n) is 7.77. The van der Waals surface area contributed by atoms with E-state index in [1.54, 1.807) is 24.3 Å². The summed E-state index contributed by atoms with van der Waals surface area (Å²) in [5.41, 5.74) is 4.21. The molecule has 1 aromatic heterocycles. The van der Waals surface area contributed by atoms with Crippen molar-refractivity contribution in [2.24, 2.45) is 0 Å². The number of thioether (sulfide) groups is 1. The van der Waals surface area contributed by atoms with E-state index in [0.29, 0.717) is 11.0 Å². The standard InChI is InChI=1S/C26H21FN2O3S/c1-2-5-16-8-10-23(30)21(12-16)17-9-11-24-18(13-17)14-19(31-24)15-33-26-29-28-25(32-26)20-6-3-4-7-22(20)27/h2-4,6-13,19,30H,1,5,14-15H2/t19-/m0/s1. The summed E-state index contributed by atoms with van der Waals surface area (Å²) in [7, 11) is 0. The SMILES string of the molecule is C=CCc1ccc(O)c(-c2ccc3c(c2)C[C@@H](CSc2nnc(-c4ccccc4F)o2)O3)c1. The van der Waals surface area contributed by atoms with Crippen LogP contribution >= 0.6 is 11.8 Å². The molecule has 1 N–H and O–H groups in total. The number of aromatic nitrogens is 2. The zero-order valence-corrected chi connectivity index (χ0v) is 18.5. The number of phenolic OH excluding ortho intramolecular Hbond substituents is 1. The van der Waals surface area contributed by atoms with Crippen LogP contribution in [0.25, 0.3) is 22.6 Å². The van der Waals surface area contributed by atoms with Crippen molar-refractivity contribution < 1.29 is 18.7 Å². The lowest BCUT2D eigenvalue weighted by Crippen LogP contribution is -2.15. The van der Waals surface area contributed by atoms with Crippen LogP contribution in [0.1, 0.15) is 11.1 Å². The van der Waals surface area contributed by atoms with Crippen molar-refractivity contribution >= 4 is 11.8 Å². The molecule has 0 spiro atoms. The van der Waals surface area contributed by atoms with E-state index in [2.05, 4.69) is 22.8 Å². The van der Waals surface area contributed by atoms with Crippen molar-refractivity contribution in [1.82, 2.24) is 10.2 Å². The Hall–Kier alpha value is -3.58. The Morgan fingerprint density at radius 2 is 1.97 bits per heavy atom. The van der Waals surface area contributed by atoms with E-state index in [0.717, 1.165) is 40.8 Å². The fourth-order valence-electron chi connectivity index (χ4n) is 3.86. The Kier molecular flexibility index (Phi) is 5.88. The fourth-order valence-corrected chi connectivity index (χ4v) is 4.62. The van der Waals surface area contributed by atoms with E-state index >= 15 is 0 Å². The number of phenols is 1. The predicted molar refractivity (Wildman–Crippen MR) is 126 cm³/mol. The van der Waals surface area contributed by atoms with Crippen molar-refractivity contribution in [3.8, 4) is 34.1 Å². The van der Waals surface area contributed by atoms with Gasteiger partial charge in [-0.15, -0.1) is 16.8 Å². The number of hydrogen-bond acceptors (Lipinski definition) is 6. The third-order valence-corrected chi connectivity index (χ3v) is 6.41. The van der Waals surface area contributed by atoms with Crippen LogP contribution in [0.2, 0.25) is 0 Å². The zero-order valence-electron chi connectivity index (χ0n) is 17.7. The molecule has 0 saturated carbocycles. The minimum Gasteiger partial charge on any atom is -0.507 e. The molecule has 7 heteroatoms. The first-order chi connectivity index (χ1) is 16.1. The van der Waals surface area contributed by atoms with Crippen LogP contribution in [-0.2, 0) is 12.8 Å². The summed E-state index contributed by atoms with van der Waals surface area (Å²) in [5.74, 6) is 1.46. The number of benzene rings is 3. The van der Waals surface area contributed by atoms with Gasteiger partial charge in [-0.25, -0.2) is 4.39 Å². The molecule has 0 saturated heterocycles. The molecule has 4 aromatic rings. The summed E-state index contributed by atoms with van der Waals surface area (Å²) in [6, 6.07) is 17.9. The third-order valence-electron chi connectivity index (χ3n) is 5.46. The molecule has 3 aromatic carbocycles. The Morgan fingerprint density at radius 1 is 1.09 bits per heavy atom. The van der Waals surface area contributed by atoms with Crippen LogP contribution in [0.5, 0.6) is 11.5 Å². The average molecular weight is 461 g/mol. The maximum Gasteiger partial charge on any atom is 0.276 e. The summed E-state index contributed by atoms with van der Waals surface area (Å²) >= 11 is 1.38. The fraction of sp³-hybridized carbons (Fsp3) is 0.154. The Bertz CT molecular complexity index is 1320. The molecule has 1 aliphatic rings. The molecule has 0 radical (unpaired) electrons. The second kappa shape index (κ2) is 9.11. The van der Waals surface area contributed by atoms with Crippen LogP contribution in [0.15, 0.2) is 83.0 Å². The van der Waals surface area contributed by atoms with Crippen LogP contribution in [0.3, 0.4) is 0 Å². The van der Waals surface area contributed by atoms with E-state index in [9.17, 15) is 9.50 Å². The number of allylic oxidation sites excluding steroid dienone is 1. The number of rotatable bonds is 7. The van der Waals surface area contributed by atoms with Crippen molar-refractivity contribution in [2.45, 2.75) is 24.2 Å². The highest BCUT2D eigenvalue weighted by molar-refractivity contribution is 7.99. The Balaban J connectivity index is 1.26. The van der Waals surface area contributed by atoms with Gasteiger partial charge in [-0.1, -0.05) is 42.1 Å². The smallest absolute Gasteiger partial charge is 0.276 e. The van der Waals surface area contributed by atoms with E-state index in [1.807, 2.05) is 30.3 Å². The van der Waals surface area contributed by atoms with Crippen LogP contribution in [0.4, 0.5) is 4.39 Å². The molecule has 1 aliphatic heterocycles. The first kappa shape index (κ1) is 21.3. The molecule has 0 unspecified atom stereocenters. The molecule has 0 bridgehead atoms. The summed E-state index contributed by atoms with van der Waals surface area (Å²) < 4.78 is 25.6. The molecule has 33 heavy (non-hydrogen) atoms. The maximum absolute atomic E-state index is 13.9. The van der Waals surface area contributed by atoms with Gasteiger partial charge in [0.15, 0.2) is 0 Å². The van der Waals surface area contributed by atoms with Crippen LogP contribution in [0, 0.1) is 5.82 Å². The van der Waals surface area contributed by atoms with E-state index in [-0.39, 0.29) is 23.3 Å². The number of aromatic hydroxyl groups is 1. The summed E-state index contributed by atoms with van der Waals surface area (Å²) in [4.78, 5) is 0. The summed E-state index contributed by atoms with van der Waals surface area (Å²) in [5, 5.41) is 18.7. The number of hydrogen-bond donors (Lipinski definition) is 1. The van der Waals surface area contributed by atoms with Gasteiger partial charge in [0.1, 0.15) is 23.4 Å². The van der Waals surface area contributed by atoms with Gasteiger partial charge in [-0.3, -0.25) is 0 Å². The average Bonchev–Trinajstić information content (AvgIpc) is 3.45. The van der Waals surface area contributed by atoms with Gasteiger partial charge < -0.3 is 14.3 Å². The maximum atomic E-state index is 13.9. The molecule has 0 amide bonds. The van der Waals surface area contributed by atoms with Gasteiger partial charge in [-0.2, -0.15) is 0 Å². The first-order valence-electron chi connectivity index (χ1n) is 10.5. The highest BCUT2D eigenvalue weighted by Crippen LogP contribution is 2.37. The lowest BCUT2D eigenvalue weighted by molar-refractivity contribution is 0.259. The number of fused-ring (bicyclic) bond motifs is 1. The minimum absolute atomic E-state index is 0.0511. The van der Waals surface area contributed by atoms with Crippen molar-refractivity contribution in [3.05, 3.63) is 90.3 Å². The largest absolute Gasteiger partial charge is 0.507 e. The molecule has 5 rings (SSSR count). The molecule has 5 nitrogen and oxygen atoms in total. The quantitative estimate of drug-likeness (QED) is 0.267. The Morgan fingerprint density at radius 3 is 2.82 bits per heavy atom. The monoisotopic (exact) mass is 460 g/mol. The van der Waals surface area contributed by atoms with Gasteiger partial charge in [0.2, 0.25) is 0 Å². The lowest BCUT2D eigenvalue weighted by atomic mass is 9.98. The topological polar surface area (TPSA) is 68.4 Å². The molecule has 0 fully saturated rings. The summed E-state index contributed by atoms with van der Waals surface area (Å²) in [6.07, 6.45) is 3.27. The molecule has 0 aliphatic carbocycles.